The van der Waals surface area contributed by atoms with Crippen molar-refractivity contribution in [3.8, 4) is 0 Å². The van der Waals surface area contributed by atoms with Crippen molar-refractivity contribution in [1.29, 1.82) is 0 Å². The summed E-state index contributed by atoms with van der Waals surface area (Å²) < 4.78 is 0. The van der Waals surface area contributed by atoms with Crippen molar-refractivity contribution in [3.63, 3.8) is 0 Å². The van der Waals surface area contributed by atoms with Crippen molar-refractivity contribution >= 4 is 11.9 Å². The third-order valence-corrected chi connectivity index (χ3v) is 5.29. The molecule has 3 rings (SSSR count). The van der Waals surface area contributed by atoms with E-state index >= 15 is 0 Å². The molecule has 5 nitrogen and oxygen atoms in total. The van der Waals surface area contributed by atoms with Crippen molar-refractivity contribution < 1.29 is 9.59 Å². The quantitative estimate of drug-likeness (QED) is 0.927. The molecule has 0 radical (unpaired) electrons. The van der Waals surface area contributed by atoms with Crippen LogP contribution in [0.2, 0.25) is 0 Å². The molecule has 1 aromatic carbocycles. The molecule has 1 saturated carbocycles. The first-order chi connectivity index (χ1) is 11.6. The van der Waals surface area contributed by atoms with E-state index in [1.165, 1.54) is 24.8 Å². The van der Waals surface area contributed by atoms with E-state index in [-0.39, 0.29) is 18.0 Å². The van der Waals surface area contributed by atoms with Crippen molar-refractivity contribution in [3.05, 3.63) is 35.9 Å². The van der Waals surface area contributed by atoms with Gasteiger partial charge in [0.05, 0.1) is 6.04 Å². The molecule has 1 heterocycles. The minimum absolute atomic E-state index is 0.00107. The molecule has 1 N–H and O–H groups in total. The number of carbonyl (C=O) groups is 2. The summed E-state index contributed by atoms with van der Waals surface area (Å²) >= 11 is 0. The molecular weight excluding hydrogens is 302 g/mol. The summed E-state index contributed by atoms with van der Waals surface area (Å²) in [5, 5.41) is 3.26. The van der Waals surface area contributed by atoms with Crippen LogP contribution >= 0.6 is 0 Å². The number of hydrogen-bond donors (Lipinski definition) is 1. The van der Waals surface area contributed by atoms with Crippen LogP contribution < -0.4 is 5.32 Å². The van der Waals surface area contributed by atoms with E-state index in [2.05, 4.69) is 17.4 Å². The van der Waals surface area contributed by atoms with Crippen LogP contribution in [0.5, 0.6) is 0 Å². The molecule has 2 fully saturated rings. The normalized spacial score (nSPS) is 20.0. The monoisotopic (exact) mass is 329 g/mol. The highest BCUT2D eigenvalue weighted by Gasteiger charge is 2.31. The first-order valence-electron chi connectivity index (χ1n) is 9.01. The molecule has 2 aliphatic rings. The molecule has 1 saturated heterocycles. The number of urea groups is 1. The minimum Gasteiger partial charge on any atom is -0.341 e. The molecule has 5 heteroatoms. The molecule has 1 aromatic rings. The van der Waals surface area contributed by atoms with E-state index in [0.29, 0.717) is 25.6 Å². The Morgan fingerprint density at radius 2 is 1.67 bits per heavy atom. The second kappa shape index (κ2) is 7.69. The lowest BCUT2D eigenvalue weighted by atomic mass is 9.77. The molecule has 3 amide bonds. The molecule has 0 bridgehead atoms. The number of benzene rings is 1. The Bertz CT molecular complexity index is 571. The minimum atomic E-state index is 0.00107. The fraction of sp³-hybridized carbons (Fsp3) is 0.579. The second-order valence-electron chi connectivity index (χ2n) is 6.88. The van der Waals surface area contributed by atoms with Crippen LogP contribution in [0, 0.1) is 5.92 Å². The van der Waals surface area contributed by atoms with Gasteiger partial charge in [-0.25, -0.2) is 4.79 Å². The van der Waals surface area contributed by atoms with Crippen LogP contribution in [0.15, 0.2) is 30.3 Å². The number of carbonyl (C=O) groups excluding carboxylic acids is 2. The van der Waals surface area contributed by atoms with Crippen LogP contribution in [0.3, 0.4) is 0 Å². The van der Waals surface area contributed by atoms with Gasteiger partial charge in [-0.1, -0.05) is 36.8 Å². The summed E-state index contributed by atoms with van der Waals surface area (Å²) in [4.78, 5) is 28.0. The van der Waals surface area contributed by atoms with Crippen LogP contribution in [0.25, 0.3) is 0 Å². The number of nitrogens with zero attached hydrogens (tertiary/aromatic N) is 2. The van der Waals surface area contributed by atoms with Crippen LogP contribution in [0.1, 0.15) is 44.2 Å². The average molecular weight is 329 g/mol. The summed E-state index contributed by atoms with van der Waals surface area (Å²) in [5.74, 6) is 0.630. The Labute approximate surface area is 144 Å². The summed E-state index contributed by atoms with van der Waals surface area (Å²) in [6.07, 6.45) is 4.45. The second-order valence-corrected chi connectivity index (χ2v) is 6.88. The Balaban J connectivity index is 1.64. The predicted octanol–water partition coefficient (Wildman–Crippen LogP) is 2.79. The summed E-state index contributed by atoms with van der Waals surface area (Å²) in [6.45, 7) is 4.28. The van der Waals surface area contributed by atoms with E-state index in [9.17, 15) is 9.59 Å². The molecular formula is C19H27N3O2. The van der Waals surface area contributed by atoms with Crippen LogP contribution in [-0.4, -0.2) is 47.9 Å². The summed E-state index contributed by atoms with van der Waals surface area (Å²) in [5.41, 5.74) is 1.19. The molecule has 24 heavy (non-hydrogen) atoms. The van der Waals surface area contributed by atoms with E-state index in [1.54, 1.807) is 6.92 Å². The standard InChI is InChI=1S/C19H27N3O2/c1-15(23)21-11-6-12-22(14-13-21)19(24)20-18(17-9-5-10-17)16-7-3-2-4-8-16/h2-4,7-8,17-18H,5-6,9-14H2,1H3,(H,20,24). The topological polar surface area (TPSA) is 52.7 Å². The number of nitrogens with one attached hydrogen (secondary N) is 1. The third kappa shape index (κ3) is 3.89. The zero-order chi connectivity index (χ0) is 16.9. The highest BCUT2D eigenvalue weighted by molar-refractivity contribution is 5.76. The number of amides is 3. The van der Waals surface area contributed by atoms with Gasteiger partial charge in [0.2, 0.25) is 5.91 Å². The first kappa shape index (κ1) is 16.8. The lowest BCUT2D eigenvalue weighted by Gasteiger charge is -2.36. The molecule has 1 aliphatic carbocycles. The fourth-order valence-electron chi connectivity index (χ4n) is 3.57. The lowest BCUT2D eigenvalue weighted by molar-refractivity contribution is -0.128. The van der Waals surface area contributed by atoms with Gasteiger partial charge >= 0.3 is 6.03 Å². The van der Waals surface area contributed by atoms with Crippen molar-refractivity contribution in [1.82, 2.24) is 15.1 Å². The number of hydrogen-bond acceptors (Lipinski definition) is 2. The van der Waals surface area contributed by atoms with Gasteiger partial charge in [0, 0.05) is 33.1 Å². The molecule has 130 valence electrons. The smallest absolute Gasteiger partial charge is 0.317 e. The van der Waals surface area contributed by atoms with E-state index in [4.69, 9.17) is 0 Å². The summed E-state index contributed by atoms with van der Waals surface area (Å²) in [6, 6.07) is 10.4. The van der Waals surface area contributed by atoms with E-state index in [0.717, 1.165) is 13.0 Å². The van der Waals surface area contributed by atoms with Gasteiger partial charge in [-0.2, -0.15) is 0 Å². The highest BCUT2D eigenvalue weighted by atomic mass is 16.2. The molecule has 1 aliphatic heterocycles. The molecule has 0 spiro atoms. The molecule has 1 atom stereocenters. The van der Waals surface area contributed by atoms with Gasteiger partial charge in [-0.05, 0) is 30.7 Å². The Hall–Kier alpha value is -2.04. The predicted molar refractivity (Wildman–Crippen MR) is 93.5 cm³/mol. The fourth-order valence-corrected chi connectivity index (χ4v) is 3.57. The van der Waals surface area contributed by atoms with Gasteiger partial charge < -0.3 is 15.1 Å². The Morgan fingerprint density at radius 1 is 1.00 bits per heavy atom. The maximum Gasteiger partial charge on any atom is 0.317 e. The highest BCUT2D eigenvalue weighted by Crippen LogP contribution is 2.37. The molecule has 0 aromatic heterocycles. The molecule has 1 unspecified atom stereocenters. The Morgan fingerprint density at radius 3 is 2.29 bits per heavy atom. The summed E-state index contributed by atoms with van der Waals surface area (Å²) in [7, 11) is 0. The SMILES string of the molecule is CC(=O)N1CCCN(C(=O)NC(c2ccccc2)C2CCC2)CC1. The van der Waals surface area contributed by atoms with Crippen molar-refractivity contribution in [2.45, 2.75) is 38.6 Å². The van der Waals surface area contributed by atoms with Crippen molar-refractivity contribution in [2.75, 3.05) is 26.2 Å². The van der Waals surface area contributed by atoms with Crippen LogP contribution in [-0.2, 0) is 4.79 Å². The van der Waals surface area contributed by atoms with Gasteiger partial charge in [0.25, 0.3) is 0 Å². The Kier molecular flexibility index (Phi) is 5.38. The van der Waals surface area contributed by atoms with Crippen LogP contribution in [0.4, 0.5) is 4.79 Å². The first-order valence-corrected chi connectivity index (χ1v) is 9.01. The van der Waals surface area contributed by atoms with E-state index < -0.39 is 0 Å². The lowest BCUT2D eigenvalue weighted by Crippen LogP contribution is -2.46. The zero-order valence-corrected chi connectivity index (χ0v) is 14.4. The van der Waals surface area contributed by atoms with Gasteiger partial charge in [-0.3, -0.25) is 4.79 Å². The van der Waals surface area contributed by atoms with Gasteiger partial charge in [0.1, 0.15) is 0 Å². The maximum absolute atomic E-state index is 12.8. The average Bonchev–Trinajstić information content (AvgIpc) is 2.79. The number of rotatable bonds is 3. The third-order valence-electron chi connectivity index (χ3n) is 5.29. The van der Waals surface area contributed by atoms with Gasteiger partial charge in [0.15, 0.2) is 0 Å². The maximum atomic E-state index is 12.8. The largest absolute Gasteiger partial charge is 0.341 e. The van der Waals surface area contributed by atoms with Gasteiger partial charge in [-0.15, -0.1) is 0 Å². The van der Waals surface area contributed by atoms with E-state index in [1.807, 2.05) is 28.0 Å². The zero-order valence-electron chi connectivity index (χ0n) is 14.4. The van der Waals surface area contributed by atoms with Crippen molar-refractivity contribution in [2.24, 2.45) is 5.92 Å².